The summed E-state index contributed by atoms with van der Waals surface area (Å²) in [6.07, 6.45) is 1.91. The number of hydrogen-bond acceptors (Lipinski definition) is 4. The number of nitrogens with one attached hydrogen (secondary N) is 1. The highest BCUT2D eigenvalue weighted by molar-refractivity contribution is 5.75. The first-order valence-corrected chi connectivity index (χ1v) is 5.78. The summed E-state index contributed by atoms with van der Waals surface area (Å²) < 4.78 is 5.02. The Kier molecular flexibility index (Phi) is 5.05. The van der Waals surface area contributed by atoms with Crippen molar-refractivity contribution in [3.8, 4) is 0 Å². The Morgan fingerprint density at radius 3 is 2.80 bits per heavy atom. The third kappa shape index (κ3) is 3.80. The van der Waals surface area contributed by atoms with Gasteiger partial charge in [-0.2, -0.15) is 0 Å². The molecule has 0 aromatic carbocycles. The van der Waals surface area contributed by atoms with Gasteiger partial charge in [-0.25, -0.2) is 0 Å². The topological polar surface area (TPSA) is 41.6 Å². The summed E-state index contributed by atoms with van der Waals surface area (Å²) in [7, 11) is 2.10. The van der Waals surface area contributed by atoms with E-state index < -0.39 is 0 Å². The van der Waals surface area contributed by atoms with Gasteiger partial charge in [-0.1, -0.05) is 6.92 Å². The van der Waals surface area contributed by atoms with Gasteiger partial charge in [0.15, 0.2) is 0 Å². The molecule has 88 valence electrons. The average molecular weight is 214 g/mol. The Hall–Kier alpha value is -0.610. The van der Waals surface area contributed by atoms with E-state index in [9.17, 15) is 4.79 Å². The minimum atomic E-state index is -0.138. The van der Waals surface area contributed by atoms with Crippen LogP contribution < -0.4 is 5.32 Å². The molecule has 0 spiro atoms. The number of rotatable bonds is 5. The van der Waals surface area contributed by atoms with Gasteiger partial charge in [-0.15, -0.1) is 0 Å². The highest BCUT2D eigenvalue weighted by Crippen LogP contribution is 2.08. The molecule has 0 aliphatic carbocycles. The second-order valence-electron chi connectivity index (χ2n) is 4.13. The lowest BCUT2D eigenvalue weighted by Crippen LogP contribution is -2.44. The van der Waals surface area contributed by atoms with Gasteiger partial charge in [0.25, 0.3) is 0 Å². The number of likely N-dealkylation sites (tertiary alicyclic amines) is 1. The lowest BCUT2D eigenvalue weighted by Gasteiger charge is -2.20. The summed E-state index contributed by atoms with van der Waals surface area (Å²) in [4.78, 5) is 13.8. The molecule has 1 aliphatic heterocycles. The van der Waals surface area contributed by atoms with Gasteiger partial charge >= 0.3 is 5.97 Å². The zero-order valence-electron chi connectivity index (χ0n) is 9.95. The lowest BCUT2D eigenvalue weighted by atomic mass is 10.1. The Bertz CT molecular complexity index is 209. The quantitative estimate of drug-likeness (QED) is 0.681. The van der Waals surface area contributed by atoms with Crippen molar-refractivity contribution in [2.45, 2.75) is 38.8 Å². The molecule has 2 atom stereocenters. The van der Waals surface area contributed by atoms with E-state index in [0.29, 0.717) is 12.6 Å². The van der Waals surface area contributed by atoms with Crippen molar-refractivity contribution in [2.24, 2.45) is 0 Å². The van der Waals surface area contributed by atoms with Crippen LogP contribution in [-0.2, 0) is 9.53 Å². The Morgan fingerprint density at radius 1 is 1.60 bits per heavy atom. The van der Waals surface area contributed by atoms with Gasteiger partial charge in [0.2, 0.25) is 0 Å². The van der Waals surface area contributed by atoms with E-state index in [-0.39, 0.29) is 12.0 Å². The minimum absolute atomic E-state index is 0.116. The minimum Gasteiger partial charge on any atom is -0.465 e. The van der Waals surface area contributed by atoms with E-state index in [1.54, 1.807) is 0 Å². The van der Waals surface area contributed by atoms with Crippen molar-refractivity contribution in [1.29, 1.82) is 0 Å². The second-order valence-corrected chi connectivity index (χ2v) is 4.13. The number of carbonyl (C=O) groups is 1. The van der Waals surface area contributed by atoms with Gasteiger partial charge < -0.3 is 15.0 Å². The lowest BCUT2D eigenvalue weighted by molar-refractivity contribution is -0.145. The standard InChI is InChI=1S/C11H22N2O2/c1-4-10(11(14)15-5-2)12-9-6-7-13(3)8-9/h9-10,12H,4-8H2,1-3H3. The highest BCUT2D eigenvalue weighted by Gasteiger charge is 2.25. The molecule has 2 unspecified atom stereocenters. The average Bonchev–Trinajstić information content (AvgIpc) is 2.61. The maximum atomic E-state index is 11.5. The maximum Gasteiger partial charge on any atom is 0.323 e. The van der Waals surface area contributed by atoms with Crippen LogP contribution >= 0.6 is 0 Å². The smallest absolute Gasteiger partial charge is 0.323 e. The molecule has 1 aliphatic rings. The summed E-state index contributed by atoms with van der Waals surface area (Å²) in [5.41, 5.74) is 0. The van der Waals surface area contributed by atoms with Gasteiger partial charge in [-0.05, 0) is 33.4 Å². The fourth-order valence-electron chi connectivity index (χ4n) is 1.95. The van der Waals surface area contributed by atoms with Crippen LogP contribution in [0, 0.1) is 0 Å². The Morgan fingerprint density at radius 2 is 2.33 bits per heavy atom. The number of carbonyl (C=O) groups excluding carboxylic acids is 1. The van der Waals surface area contributed by atoms with Gasteiger partial charge in [0.05, 0.1) is 6.61 Å². The first-order valence-electron chi connectivity index (χ1n) is 5.78. The molecule has 1 N–H and O–H groups in total. The predicted molar refractivity (Wildman–Crippen MR) is 59.7 cm³/mol. The predicted octanol–water partition coefficient (Wildman–Crippen LogP) is 0.622. The number of nitrogens with zero attached hydrogens (tertiary/aromatic N) is 1. The molecule has 0 aromatic heterocycles. The zero-order valence-corrected chi connectivity index (χ0v) is 9.95. The maximum absolute atomic E-state index is 11.5. The summed E-state index contributed by atoms with van der Waals surface area (Å²) in [5, 5.41) is 3.36. The van der Waals surface area contributed by atoms with Gasteiger partial charge in [-0.3, -0.25) is 4.79 Å². The third-order valence-electron chi connectivity index (χ3n) is 2.81. The first kappa shape index (κ1) is 12.5. The van der Waals surface area contributed by atoms with Crippen molar-refractivity contribution >= 4 is 5.97 Å². The van der Waals surface area contributed by atoms with Crippen molar-refractivity contribution in [3.05, 3.63) is 0 Å². The van der Waals surface area contributed by atoms with Crippen LogP contribution in [0.25, 0.3) is 0 Å². The summed E-state index contributed by atoms with van der Waals surface area (Å²) >= 11 is 0. The van der Waals surface area contributed by atoms with E-state index in [0.717, 1.165) is 25.9 Å². The largest absolute Gasteiger partial charge is 0.465 e. The zero-order chi connectivity index (χ0) is 11.3. The molecule has 15 heavy (non-hydrogen) atoms. The summed E-state index contributed by atoms with van der Waals surface area (Å²) in [6, 6.07) is 0.297. The molecule has 0 aromatic rings. The number of hydrogen-bond donors (Lipinski definition) is 1. The van der Waals surface area contributed by atoms with Crippen LogP contribution in [-0.4, -0.2) is 49.7 Å². The van der Waals surface area contributed by atoms with Crippen LogP contribution in [0.1, 0.15) is 26.7 Å². The second kappa shape index (κ2) is 6.08. The Balaban J connectivity index is 2.36. The number of likely N-dealkylation sites (N-methyl/N-ethyl adjacent to an activating group) is 1. The van der Waals surface area contributed by atoms with E-state index >= 15 is 0 Å². The van der Waals surface area contributed by atoms with Crippen molar-refractivity contribution in [1.82, 2.24) is 10.2 Å². The molecule has 4 heteroatoms. The molecule has 1 rings (SSSR count). The number of ether oxygens (including phenoxy) is 1. The summed E-state index contributed by atoms with van der Waals surface area (Å²) in [5.74, 6) is -0.116. The highest BCUT2D eigenvalue weighted by atomic mass is 16.5. The van der Waals surface area contributed by atoms with E-state index in [4.69, 9.17) is 4.74 Å². The number of esters is 1. The van der Waals surface area contributed by atoms with Gasteiger partial charge in [0.1, 0.15) is 6.04 Å². The molecule has 0 radical (unpaired) electrons. The van der Waals surface area contributed by atoms with Crippen molar-refractivity contribution in [3.63, 3.8) is 0 Å². The van der Waals surface area contributed by atoms with Gasteiger partial charge in [0, 0.05) is 12.6 Å². The third-order valence-corrected chi connectivity index (χ3v) is 2.81. The monoisotopic (exact) mass is 214 g/mol. The van der Waals surface area contributed by atoms with Crippen molar-refractivity contribution in [2.75, 3.05) is 26.7 Å². The fourth-order valence-corrected chi connectivity index (χ4v) is 1.95. The summed E-state index contributed by atoms with van der Waals surface area (Å²) in [6.45, 7) is 6.44. The van der Waals surface area contributed by atoms with Crippen LogP contribution in [0.5, 0.6) is 0 Å². The van der Waals surface area contributed by atoms with Crippen LogP contribution in [0.4, 0.5) is 0 Å². The fraction of sp³-hybridized carbons (Fsp3) is 0.909. The molecule has 0 amide bonds. The molecule has 4 nitrogen and oxygen atoms in total. The first-order chi connectivity index (χ1) is 7.17. The van der Waals surface area contributed by atoms with E-state index in [1.165, 1.54) is 0 Å². The van der Waals surface area contributed by atoms with E-state index in [1.807, 2.05) is 13.8 Å². The molecule has 1 heterocycles. The van der Waals surface area contributed by atoms with Crippen LogP contribution in [0.3, 0.4) is 0 Å². The van der Waals surface area contributed by atoms with Crippen molar-refractivity contribution < 1.29 is 9.53 Å². The Labute approximate surface area is 92.0 Å². The molecule has 1 fully saturated rings. The molecule has 0 saturated carbocycles. The molecule has 0 bridgehead atoms. The van der Waals surface area contributed by atoms with Crippen LogP contribution in [0.2, 0.25) is 0 Å². The molecular formula is C11H22N2O2. The van der Waals surface area contributed by atoms with E-state index in [2.05, 4.69) is 17.3 Å². The normalized spacial score (nSPS) is 24.1. The van der Waals surface area contributed by atoms with Crippen LogP contribution in [0.15, 0.2) is 0 Å². The molecule has 1 saturated heterocycles. The SMILES string of the molecule is CCOC(=O)C(CC)NC1CCN(C)C1. The molecular weight excluding hydrogens is 192 g/mol.